The number of nitriles is 1. The van der Waals surface area contributed by atoms with Crippen LogP contribution in [0.1, 0.15) is 18.9 Å². The van der Waals surface area contributed by atoms with E-state index in [1.165, 1.54) is 45.4 Å². The maximum atomic E-state index is 14.0. The molecule has 0 saturated carbocycles. The van der Waals surface area contributed by atoms with Crippen molar-refractivity contribution in [1.29, 1.82) is 10.0 Å². The predicted octanol–water partition coefficient (Wildman–Crippen LogP) is 1.76. The summed E-state index contributed by atoms with van der Waals surface area (Å²) in [5, 5.41) is 45.7. The molecule has 4 N–H and O–H groups in total. The quantitative estimate of drug-likeness (QED) is 0.140. The first kappa shape index (κ1) is 35.8. The number of aryl methyl sites for hydroxylation is 1. The molecule has 6 rings (SSSR count). The highest BCUT2D eigenvalue weighted by Crippen LogP contribution is 2.37. The van der Waals surface area contributed by atoms with Crippen molar-refractivity contribution in [2.45, 2.75) is 56.5 Å². The van der Waals surface area contributed by atoms with Crippen molar-refractivity contribution >= 4 is 59.0 Å². The normalized spacial score (nSPS) is 24.6. The van der Waals surface area contributed by atoms with Crippen molar-refractivity contribution in [1.82, 2.24) is 28.6 Å². The number of rotatable bonds is 9. The van der Waals surface area contributed by atoms with Gasteiger partial charge < -0.3 is 24.8 Å². The maximum Gasteiger partial charge on any atom is 0.334 e. The van der Waals surface area contributed by atoms with Crippen molar-refractivity contribution in [3.63, 3.8) is 0 Å². The zero-order valence-electron chi connectivity index (χ0n) is 27.1. The van der Waals surface area contributed by atoms with Gasteiger partial charge in [0.2, 0.25) is 10.1 Å². The van der Waals surface area contributed by atoms with E-state index in [2.05, 4.69) is 21.1 Å². The van der Waals surface area contributed by atoms with Gasteiger partial charge in [-0.3, -0.25) is 18.9 Å². The second kappa shape index (κ2) is 13.6. The van der Waals surface area contributed by atoms with Crippen molar-refractivity contribution < 1.29 is 38.6 Å². The van der Waals surface area contributed by atoms with Gasteiger partial charge in [-0.15, -0.1) is 0 Å². The van der Waals surface area contributed by atoms with Crippen LogP contribution in [-0.2, 0) is 25.0 Å². The summed E-state index contributed by atoms with van der Waals surface area (Å²) in [6.45, 7) is 3.98. The van der Waals surface area contributed by atoms with Gasteiger partial charge in [0.05, 0.1) is 30.1 Å². The monoisotopic (exact) mass is 819 g/mol. The minimum atomic E-state index is -2.92. The van der Waals surface area contributed by atoms with Crippen LogP contribution in [0.2, 0.25) is 0 Å². The number of nitrogens with one attached hydrogen (secondary N) is 1. The first-order valence-corrected chi connectivity index (χ1v) is 18.2. The molecule has 19 heteroatoms. The lowest BCUT2D eigenvalue weighted by atomic mass is 9.89. The summed E-state index contributed by atoms with van der Waals surface area (Å²) in [4.78, 5) is 36.2. The summed E-state index contributed by atoms with van der Waals surface area (Å²) in [5.41, 5.74) is 1.68. The van der Waals surface area contributed by atoms with Crippen LogP contribution < -0.4 is 9.64 Å². The largest absolute Gasteiger partial charge is 0.460 e. The molecule has 2 aliphatic heterocycles. The molecule has 1 amide bonds. The van der Waals surface area contributed by atoms with E-state index in [0.717, 1.165) is 5.56 Å². The van der Waals surface area contributed by atoms with Gasteiger partial charge in [0.1, 0.15) is 45.8 Å². The summed E-state index contributed by atoms with van der Waals surface area (Å²) in [6, 6.07) is 8.28. The van der Waals surface area contributed by atoms with Crippen LogP contribution in [0.15, 0.2) is 49.2 Å². The molecule has 0 aliphatic carbocycles. The molecule has 2 saturated heterocycles. The molecule has 6 atom stereocenters. The second-order valence-electron chi connectivity index (χ2n) is 12.2. The first-order valence-electron chi connectivity index (χ1n) is 15.4. The molecule has 3 aromatic heterocycles. The molecule has 17 nitrogen and oxygen atoms in total. The lowest BCUT2D eigenvalue weighted by molar-refractivity contribution is -0.263. The average Bonchev–Trinajstić information content (AvgIpc) is 3.74. The zero-order valence-corrected chi connectivity index (χ0v) is 30.1. The molecule has 4 aromatic rings. The molecular weight excluding hydrogens is 785 g/mol. The van der Waals surface area contributed by atoms with E-state index in [9.17, 15) is 34.4 Å². The smallest absolute Gasteiger partial charge is 0.334 e. The van der Waals surface area contributed by atoms with Gasteiger partial charge in [0, 0.05) is 71.8 Å². The molecule has 0 bridgehead atoms. The third-order valence-electron chi connectivity index (χ3n) is 8.99. The molecule has 0 spiro atoms. The molecule has 2 aliphatic rings. The van der Waals surface area contributed by atoms with E-state index in [1.54, 1.807) is 58.8 Å². The van der Waals surface area contributed by atoms with Crippen molar-refractivity contribution in [2.75, 3.05) is 30.8 Å². The summed E-state index contributed by atoms with van der Waals surface area (Å²) < 4.78 is 36.1. The van der Waals surface area contributed by atoms with E-state index in [4.69, 9.17) is 14.3 Å². The van der Waals surface area contributed by atoms with Gasteiger partial charge in [-0.05, 0) is 30.7 Å². The summed E-state index contributed by atoms with van der Waals surface area (Å²) in [7, 11) is -1.41. The van der Waals surface area contributed by atoms with Gasteiger partial charge in [0.25, 0.3) is 0 Å². The Morgan fingerprint density at radius 2 is 1.96 bits per heavy atom. The van der Waals surface area contributed by atoms with Crippen LogP contribution in [0.25, 0.3) is 22.3 Å². The number of aliphatic hydroxyl groups excluding tert-OH is 3. The Balaban J connectivity index is 1.28. The number of hydrogen-bond donors (Lipinski definition) is 4. The summed E-state index contributed by atoms with van der Waals surface area (Å²) in [6.07, 6.45) is -1.76. The number of ether oxygens (including phenoxy) is 2. The minimum Gasteiger partial charge on any atom is -0.460 e. The molecule has 50 heavy (non-hydrogen) atoms. The molecule has 264 valence electrons. The third-order valence-corrected chi connectivity index (χ3v) is 11.5. The van der Waals surface area contributed by atoms with Crippen molar-refractivity contribution in [3.8, 4) is 23.1 Å². The SMILES string of the molecule is CCS(=N)(=O)N1CC(CC#N)(n2cc(-c3ncnc4c3ccn4C(=O)N(C)c3cc(C)ccc3O[C@@H]3O[C@H](C(=O)I)[C@@H](O)[C@H](O)[C@H]3O)cn2)C1. The zero-order chi connectivity index (χ0) is 36.1. The lowest BCUT2D eigenvalue weighted by Crippen LogP contribution is -2.64. The third kappa shape index (κ3) is 6.25. The molecule has 5 heterocycles. The number of anilines is 1. The molecule has 1 aromatic carbocycles. The maximum absolute atomic E-state index is 14.0. The fraction of sp³-hybridized carbons (Fsp3) is 0.419. The molecule has 0 radical (unpaired) electrons. The number of amides is 1. The van der Waals surface area contributed by atoms with E-state index in [-0.39, 0.29) is 36.7 Å². The number of carbonyl (C=O) groups excluding carboxylic acids is 2. The molecule has 1 unspecified atom stereocenters. The van der Waals surface area contributed by atoms with E-state index in [1.807, 2.05) is 6.92 Å². The highest BCUT2D eigenvalue weighted by molar-refractivity contribution is 14.1. The minimum absolute atomic E-state index is 0.0963. The number of aliphatic hydroxyl groups is 3. The van der Waals surface area contributed by atoms with Crippen LogP contribution >= 0.6 is 22.6 Å². The highest BCUT2D eigenvalue weighted by Gasteiger charge is 2.49. The van der Waals surface area contributed by atoms with Crippen LogP contribution in [-0.4, -0.2) is 115 Å². The van der Waals surface area contributed by atoms with E-state index < -0.39 is 56.0 Å². The van der Waals surface area contributed by atoms with Crippen LogP contribution in [0.5, 0.6) is 5.75 Å². The van der Waals surface area contributed by atoms with E-state index >= 15 is 0 Å². The van der Waals surface area contributed by atoms with Crippen molar-refractivity contribution in [3.05, 3.63) is 54.7 Å². The Hall–Kier alpha value is -4.04. The number of halogens is 1. The lowest BCUT2D eigenvalue weighted by Gasteiger charge is -2.48. The van der Waals surface area contributed by atoms with Gasteiger partial charge in [-0.2, -0.15) is 10.4 Å². The average molecular weight is 820 g/mol. The summed E-state index contributed by atoms with van der Waals surface area (Å²) >= 11 is 1.43. The van der Waals surface area contributed by atoms with Gasteiger partial charge in [-0.25, -0.2) is 28.1 Å². The standard InChI is InChI=1S/C31H34IN9O8S/c1-4-50(34,47)39-14-31(15-39,8-9-33)41-13-18(12-37-41)22-19-7-10-40(28(19)36-16-35-22)30(46)38(3)20-11-17(2)5-6-21(20)48-29-25(44)23(42)24(43)26(49-29)27(32)45/h5-7,10-13,16,23-26,29,34,42-44H,4,8,14-15H2,1-3H3/t23-,24-,25+,26-,29+,50?/m0/s1. The van der Waals surface area contributed by atoms with Crippen LogP contribution in [0.4, 0.5) is 10.5 Å². The second-order valence-corrected chi connectivity index (χ2v) is 15.7. The van der Waals surface area contributed by atoms with Gasteiger partial charge in [0.15, 0.2) is 11.8 Å². The number of fused-ring (bicyclic) bond motifs is 1. The first-order chi connectivity index (χ1) is 23.7. The van der Waals surface area contributed by atoms with Crippen LogP contribution in [0, 0.1) is 23.0 Å². The Morgan fingerprint density at radius 1 is 1.22 bits per heavy atom. The predicted molar refractivity (Wildman–Crippen MR) is 187 cm³/mol. The van der Waals surface area contributed by atoms with Crippen molar-refractivity contribution in [2.24, 2.45) is 0 Å². The number of hydrogen-bond acceptors (Lipinski definition) is 13. The van der Waals surface area contributed by atoms with E-state index in [0.29, 0.717) is 22.3 Å². The Labute approximate surface area is 300 Å². The number of aromatic nitrogens is 5. The summed E-state index contributed by atoms with van der Waals surface area (Å²) in [5.74, 6) is 0.273. The fourth-order valence-electron chi connectivity index (χ4n) is 6.04. The highest BCUT2D eigenvalue weighted by atomic mass is 127. The Bertz CT molecular complexity index is 2110. The molecule has 2 fully saturated rings. The van der Waals surface area contributed by atoms with Gasteiger partial charge >= 0.3 is 6.03 Å². The van der Waals surface area contributed by atoms with Crippen LogP contribution in [0.3, 0.4) is 0 Å². The molecular formula is C31H34IN9O8S. The number of benzene rings is 1. The number of nitrogens with zero attached hydrogens (tertiary/aromatic N) is 8. The topological polar surface area (TPSA) is 233 Å². The van der Waals surface area contributed by atoms with Gasteiger partial charge in [-0.1, -0.05) is 13.0 Å². The Kier molecular flexibility index (Phi) is 9.72. The Morgan fingerprint density at radius 3 is 2.64 bits per heavy atom. The fourth-order valence-corrected chi connectivity index (χ4v) is 7.82. The number of carbonyl (C=O) groups is 2.